The summed E-state index contributed by atoms with van der Waals surface area (Å²) in [7, 11) is 1.69. The lowest BCUT2D eigenvalue weighted by molar-refractivity contribution is 0.414. The van der Waals surface area contributed by atoms with Gasteiger partial charge in [0.25, 0.3) is 0 Å². The van der Waals surface area contributed by atoms with Gasteiger partial charge in [-0.25, -0.2) is 4.98 Å². The molecule has 1 aromatic carbocycles. The summed E-state index contributed by atoms with van der Waals surface area (Å²) in [6.07, 6.45) is 1.96. The molecule has 4 heteroatoms. The number of hydrogen-bond acceptors (Lipinski definition) is 2. The average molecular weight is 281 g/mol. The molecule has 0 N–H and O–H groups in total. The van der Waals surface area contributed by atoms with Crippen LogP contribution in [0.5, 0.6) is 5.75 Å². The Kier molecular flexibility index (Phi) is 4.70. The van der Waals surface area contributed by atoms with Gasteiger partial charge in [0.05, 0.1) is 18.1 Å². The number of halogens is 1. The molecule has 1 heterocycles. The molecule has 3 nitrogen and oxygen atoms in total. The van der Waals surface area contributed by atoms with E-state index in [0.717, 1.165) is 42.0 Å². The van der Waals surface area contributed by atoms with Crippen molar-refractivity contribution in [1.29, 1.82) is 0 Å². The summed E-state index contributed by atoms with van der Waals surface area (Å²) in [5, 5.41) is 0. The minimum Gasteiger partial charge on any atom is -0.497 e. The van der Waals surface area contributed by atoms with Crippen molar-refractivity contribution in [2.75, 3.05) is 13.0 Å². The molecule has 0 saturated carbocycles. The zero-order chi connectivity index (χ0) is 13.8. The third-order valence-corrected chi connectivity index (χ3v) is 3.73. The molecule has 0 aliphatic rings. The number of aryl methyl sites for hydroxylation is 1. The zero-order valence-electron chi connectivity index (χ0n) is 11.8. The maximum absolute atomic E-state index is 5.89. The Morgan fingerprint density at radius 1 is 1.42 bits per heavy atom. The molecule has 0 fully saturated rings. The number of imidazole rings is 1. The molecule has 2 rings (SSSR count). The highest BCUT2D eigenvalue weighted by atomic mass is 35.5. The fourth-order valence-corrected chi connectivity index (χ4v) is 2.37. The van der Waals surface area contributed by atoms with E-state index < -0.39 is 0 Å². The molecule has 1 atom stereocenters. The van der Waals surface area contributed by atoms with Crippen LogP contribution in [0.2, 0.25) is 0 Å². The van der Waals surface area contributed by atoms with Crippen LogP contribution in [0, 0.1) is 5.92 Å². The van der Waals surface area contributed by atoms with Gasteiger partial charge in [-0.1, -0.05) is 20.3 Å². The van der Waals surface area contributed by atoms with Crippen molar-refractivity contribution in [2.45, 2.75) is 33.2 Å². The number of hydrogen-bond donors (Lipinski definition) is 0. The van der Waals surface area contributed by atoms with Crippen molar-refractivity contribution in [3.8, 4) is 5.75 Å². The first-order chi connectivity index (χ1) is 9.19. The second-order valence-electron chi connectivity index (χ2n) is 4.95. The Morgan fingerprint density at radius 3 is 2.84 bits per heavy atom. The molecule has 1 aromatic heterocycles. The van der Waals surface area contributed by atoms with Crippen molar-refractivity contribution in [3.63, 3.8) is 0 Å². The fraction of sp³-hybridized carbons (Fsp3) is 0.533. The quantitative estimate of drug-likeness (QED) is 0.751. The zero-order valence-corrected chi connectivity index (χ0v) is 12.6. The Bertz CT molecular complexity index is 550. The summed E-state index contributed by atoms with van der Waals surface area (Å²) in [6.45, 7) is 5.45. The van der Waals surface area contributed by atoms with E-state index in [1.807, 2.05) is 12.1 Å². The van der Waals surface area contributed by atoms with Crippen molar-refractivity contribution in [1.82, 2.24) is 9.55 Å². The normalized spacial score (nSPS) is 12.8. The Morgan fingerprint density at radius 2 is 2.21 bits per heavy atom. The highest BCUT2D eigenvalue weighted by molar-refractivity contribution is 6.17. The molecule has 19 heavy (non-hydrogen) atoms. The number of nitrogens with zero attached hydrogens (tertiary/aromatic N) is 2. The highest BCUT2D eigenvalue weighted by Gasteiger charge is 2.13. The number of alkyl halides is 1. The van der Waals surface area contributed by atoms with E-state index in [4.69, 9.17) is 16.3 Å². The molecule has 1 unspecified atom stereocenters. The van der Waals surface area contributed by atoms with Gasteiger partial charge >= 0.3 is 0 Å². The Labute approximate surface area is 119 Å². The van der Waals surface area contributed by atoms with E-state index in [2.05, 4.69) is 29.5 Å². The third-order valence-electron chi connectivity index (χ3n) is 3.54. The predicted octanol–water partition coefficient (Wildman–Crippen LogP) is 3.87. The van der Waals surface area contributed by atoms with Crippen molar-refractivity contribution in [3.05, 3.63) is 24.0 Å². The summed E-state index contributed by atoms with van der Waals surface area (Å²) in [6, 6.07) is 6.02. The molecule has 0 spiro atoms. The summed E-state index contributed by atoms with van der Waals surface area (Å²) >= 11 is 5.89. The van der Waals surface area contributed by atoms with Gasteiger partial charge in [-0.15, -0.1) is 11.6 Å². The maximum Gasteiger partial charge on any atom is 0.121 e. The Balaban J connectivity index is 2.49. The lowest BCUT2D eigenvalue weighted by Gasteiger charge is -2.13. The molecule has 0 saturated heterocycles. The molecule has 0 bridgehead atoms. The van der Waals surface area contributed by atoms with Crippen LogP contribution in [-0.4, -0.2) is 22.5 Å². The average Bonchev–Trinajstić information content (AvgIpc) is 2.76. The number of methoxy groups -OCH3 is 1. The van der Waals surface area contributed by atoms with Crippen LogP contribution in [0.4, 0.5) is 0 Å². The van der Waals surface area contributed by atoms with Gasteiger partial charge in [0.1, 0.15) is 11.6 Å². The van der Waals surface area contributed by atoms with Gasteiger partial charge in [-0.2, -0.15) is 0 Å². The largest absolute Gasteiger partial charge is 0.497 e. The van der Waals surface area contributed by atoms with Crippen LogP contribution >= 0.6 is 11.6 Å². The van der Waals surface area contributed by atoms with Gasteiger partial charge in [0.15, 0.2) is 0 Å². The molecular weight excluding hydrogens is 260 g/mol. The predicted molar refractivity (Wildman–Crippen MR) is 80.2 cm³/mol. The van der Waals surface area contributed by atoms with E-state index >= 15 is 0 Å². The lowest BCUT2D eigenvalue weighted by Crippen LogP contribution is -2.10. The first-order valence-corrected chi connectivity index (χ1v) is 7.32. The second-order valence-corrected chi connectivity index (χ2v) is 5.32. The highest BCUT2D eigenvalue weighted by Crippen LogP contribution is 2.24. The molecule has 104 valence electrons. The Hall–Kier alpha value is -1.22. The minimum atomic E-state index is 0.598. The van der Waals surface area contributed by atoms with Crippen LogP contribution in [0.15, 0.2) is 18.2 Å². The fourth-order valence-electron chi connectivity index (χ4n) is 2.20. The van der Waals surface area contributed by atoms with Gasteiger partial charge in [-0.05, 0) is 18.1 Å². The lowest BCUT2D eigenvalue weighted by atomic mass is 10.1. The van der Waals surface area contributed by atoms with Crippen molar-refractivity contribution >= 4 is 22.6 Å². The van der Waals surface area contributed by atoms with E-state index in [9.17, 15) is 0 Å². The standard InChI is InChI=1S/C15H21ClN2O/c1-4-11(2)10-18-14-9-12(19-3)5-6-13(14)17-15(18)7-8-16/h5-6,9,11H,4,7-8,10H2,1-3H3. The van der Waals surface area contributed by atoms with Crippen LogP contribution in [-0.2, 0) is 13.0 Å². The van der Waals surface area contributed by atoms with Crippen LogP contribution < -0.4 is 4.74 Å². The maximum atomic E-state index is 5.89. The van der Waals surface area contributed by atoms with Gasteiger partial charge in [0, 0.05) is 24.9 Å². The number of benzene rings is 1. The molecule has 0 aliphatic heterocycles. The SMILES string of the molecule is CCC(C)Cn1c(CCCl)nc2ccc(OC)cc21. The first-order valence-electron chi connectivity index (χ1n) is 6.78. The molecule has 0 amide bonds. The summed E-state index contributed by atoms with van der Waals surface area (Å²) in [5.41, 5.74) is 2.16. The van der Waals surface area contributed by atoms with Gasteiger partial charge in [0.2, 0.25) is 0 Å². The molecular formula is C15H21ClN2O. The van der Waals surface area contributed by atoms with Crippen LogP contribution in [0.1, 0.15) is 26.1 Å². The van der Waals surface area contributed by atoms with E-state index in [-0.39, 0.29) is 0 Å². The van der Waals surface area contributed by atoms with Crippen LogP contribution in [0.3, 0.4) is 0 Å². The van der Waals surface area contributed by atoms with E-state index in [1.165, 1.54) is 0 Å². The third kappa shape index (κ3) is 3.03. The number of fused-ring (bicyclic) bond motifs is 1. The smallest absolute Gasteiger partial charge is 0.121 e. The minimum absolute atomic E-state index is 0.598. The molecule has 0 aliphatic carbocycles. The van der Waals surface area contributed by atoms with Gasteiger partial charge < -0.3 is 9.30 Å². The van der Waals surface area contributed by atoms with E-state index in [1.54, 1.807) is 7.11 Å². The summed E-state index contributed by atoms with van der Waals surface area (Å²) in [5.74, 6) is 3.16. The molecule has 2 aromatic rings. The number of rotatable bonds is 6. The van der Waals surface area contributed by atoms with Crippen molar-refractivity contribution in [2.24, 2.45) is 5.92 Å². The summed E-state index contributed by atoms with van der Waals surface area (Å²) in [4.78, 5) is 4.69. The molecule has 0 radical (unpaired) electrons. The van der Waals surface area contributed by atoms with Gasteiger partial charge in [-0.3, -0.25) is 0 Å². The van der Waals surface area contributed by atoms with Crippen LogP contribution in [0.25, 0.3) is 11.0 Å². The first kappa shape index (κ1) is 14.2. The summed E-state index contributed by atoms with van der Waals surface area (Å²) < 4.78 is 7.60. The second kappa shape index (κ2) is 6.29. The monoisotopic (exact) mass is 280 g/mol. The topological polar surface area (TPSA) is 27.1 Å². The number of ether oxygens (including phenoxy) is 1. The van der Waals surface area contributed by atoms with Crippen molar-refractivity contribution < 1.29 is 4.74 Å². The van der Waals surface area contributed by atoms with E-state index in [0.29, 0.717) is 11.8 Å². The number of aromatic nitrogens is 2.